The molecule has 13 heavy (non-hydrogen) atoms. The highest BCUT2D eigenvalue weighted by Gasteiger charge is 2.19. The number of rotatable bonds is 3. The van der Waals surface area contributed by atoms with Gasteiger partial charge in [-0.15, -0.1) is 0 Å². The summed E-state index contributed by atoms with van der Waals surface area (Å²) < 4.78 is 31.7. The van der Waals surface area contributed by atoms with Crippen LogP contribution in [0.2, 0.25) is 0 Å². The van der Waals surface area contributed by atoms with Gasteiger partial charge in [0.1, 0.15) is 0 Å². The Labute approximate surface area is 73.1 Å². The van der Waals surface area contributed by atoms with E-state index in [1.165, 1.54) is 0 Å². The maximum atomic E-state index is 9.51. The molecule has 0 aliphatic carbocycles. The second-order valence-electron chi connectivity index (χ2n) is 1.31. The topological polar surface area (TPSA) is 173 Å². The van der Waals surface area contributed by atoms with E-state index in [9.17, 15) is 18.8 Å². The van der Waals surface area contributed by atoms with E-state index < -0.39 is 29.0 Å². The van der Waals surface area contributed by atoms with Crippen LogP contribution < -0.4 is 14.0 Å². The fourth-order valence-corrected chi connectivity index (χ4v) is 0.340. The maximum absolute atomic E-state index is 9.51. The minimum Gasteiger partial charge on any atom is -0.479 e. The van der Waals surface area contributed by atoms with Crippen molar-refractivity contribution in [1.82, 2.24) is 0 Å². The molecule has 9 nitrogen and oxygen atoms in total. The summed E-state index contributed by atoms with van der Waals surface area (Å²) in [7, 11) is -4.60. The maximum Gasteiger partial charge on any atom is 0.503 e. The highest BCUT2D eigenvalue weighted by Crippen LogP contribution is 1.85. The Balaban J connectivity index is 0. The molecule has 10 heteroatoms. The Kier molecular flexibility index (Phi) is 7.08. The molecule has 0 fully saturated rings. The zero-order chi connectivity index (χ0) is 11.1. The second kappa shape index (κ2) is 6.39. The summed E-state index contributed by atoms with van der Waals surface area (Å²) in [5.41, 5.74) is 0. The summed E-state index contributed by atoms with van der Waals surface area (Å²) in [6, 6.07) is 0. The van der Waals surface area contributed by atoms with E-state index in [0.717, 1.165) is 0 Å². The van der Waals surface area contributed by atoms with Crippen molar-refractivity contribution in [3.05, 3.63) is 0 Å². The third-order valence-electron chi connectivity index (χ3n) is 0.312. The number of hydrogen-bond donors (Lipinski definition) is 3. The fourth-order valence-electron chi connectivity index (χ4n) is 0.113. The van der Waals surface area contributed by atoms with Crippen LogP contribution in [0.1, 0.15) is 0 Å². The molecule has 0 rings (SSSR count). The van der Waals surface area contributed by atoms with Crippen molar-refractivity contribution in [1.29, 1.82) is 0 Å². The van der Waals surface area contributed by atoms with E-state index in [0.29, 0.717) is 0 Å². The van der Waals surface area contributed by atoms with Gasteiger partial charge in [0.25, 0.3) is 6.61 Å². The largest absolute Gasteiger partial charge is 0.503 e. The first-order valence-electron chi connectivity index (χ1n) is 2.34. The molecule has 0 aromatic heterocycles. The first-order valence-corrected chi connectivity index (χ1v) is 3.57. The molecule has 0 amide bonds. The number of carboxylic acid groups (broad SMARTS) is 3. The average molecular weight is 221 g/mol. The normalized spacial score (nSPS) is 9.77. The summed E-state index contributed by atoms with van der Waals surface area (Å²) in [6.45, 7) is -1.13. The van der Waals surface area contributed by atoms with Crippen molar-refractivity contribution in [3.8, 4) is 0 Å². The molecule has 0 unspecified atom stereocenters. The van der Waals surface area contributed by atoms with Crippen molar-refractivity contribution in [2.24, 2.45) is 0 Å². The van der Waals surface area contributed by atoms with Gasteiger partial charge in [0.2, 0.25) is 0 Å². The quantitative estimate of drug-likeness (QED) is 0.431. The van der Waals surface area contributed by atoms with Gasteiger partial charge in [-0.3, -0.25) is 0 Å². The van der Waals surface area contributed by atoms with Gasteiger partial charge in [-0.2, -0.15) is 14.0 Å². The molecular formula is C3H5ClO9. The van der Waals surface area contributed by atoms with Crippen LogP contribution in [0.15, 0.2) is 0 Å². The van der Waals surface area contributed by atoms with Crippen molar-refractivity contribution in [2.45, 2.75) is 0 Å². The van der Waals surface area contributed by atoms with Crippen LogP contribution in [0.4, 0.5) is 4.79 Å². The zero-order valence-electron chi connectivity index (χ0n) is 5.88. The number of halogens is 1. The molecule has 0 atom stereocenters. The van der Waals surface area contributed by atoms with Gasteiger partial charge < -0.3 is 15.3 Å². The van der Waals surface area contributed by atoms with Crippen LogP contribution in [0.25, 0.3) is 0 Å². The van der Waals surface area contributed by atoms with Gasteiger partial charge in [0, 0.05) is 0 Å². The average Bonchev–Trinajstić information content (AvgIpc) is 1.80. The Morgan fingerprint density at radius 3 is 1.54 bits per heavy atom. The molecule has 0 heterocycles. The standard InChI is InChI=1S/C2H3ClO6.CH2O3/c4-2(5)1-9-3(6,7)8;2-1(3)4/h1H2,(H,4,5);(H2,2,3,4). The molecule has 0 bridgehead atoms. The van der Waals surface area contributed by atoms with Crippen molar-refractivity contribution in [3.63, 3.8) is 0 Å². The smallest absolute Gasteiger partial charge is 0.479 e. The minimum atomic E-state index is -4.60. The van der Waals surface area contributed by atoms with E-state index in [4.69, 9.17) is 20.1 Å². The summed E-state index contributed by atoms with van der Waals surface area (Å²) in [4.78, 5) is 18.1. The number of carbonyl (C=O) groups is 2. The minimum absolute atomic E-state index is 1.13. The monoisotopic (exact) mass is 220 g/mol. The highest BCUT2D eigenvalue weighted by molar-refractivity contribution is 5.67. The molecule has 0 aliphatic rings. The summed E-state index contributed by atoms with van der Waals surface area (Å²) in [5.74, 6) is -1.51. The fraction of sp³-hybridized carbons (Fsp3) is 0.333. The summed E-state index contributed by atoms with van der Waals surface area (Å²) >= 11 is 0. The van der Waals surface area contributed by atoms with E-state index in [-0.39, 0.29) is 0 Å². The molecule has 3 N–H and O–H groups in total. The van der Waals surface area contributed by atoms with Gasteiger partial charge in [-0.05, 0) is 0 Å². The van der Waals surface area contributed by atoms with Crippen LogP contribution in [-0.4, -0.2) is 34.1 Å². The number of hydrogen-bond acceptors (Lipinski definition) is 6. The third-order valence-corrected chi connectivity index (χ3v) is 0.688. The summed E-state index contributed by atoms with van der Waals surface area (Å²) in [5, 5.41) is 21.7. The number of carboxylic acids is 1. The van der Waals surface area contributed by atoms with Crippen molar-refractivity contribution in [2.75, 3.05) is 6.61 Å². The van der Waals surface area contributed by atoms with Crippen molar-refractivity contribution < 1.29 is 53.4 Å². The van der Waals surface area contributed by atoms with Gasteiger partial charge in [0.15, 0.2) is 0 Å². The predicted molar refractivity (Wildman–Crippen MR) is 24.2 cm³/mol. The number of aliphatic carboxylic acids is 1. The van der Waals surface area contributed by atoms with E-state index in [1.807, 2.05) is 0 Å². The van der Waals surface area contributed by atoms with E-state index in [2.05, 4.69) is 4.29 Å². The van der Waals surface area contributed by atoms with Gasteiger partial charge in [-0.1, -0.05) is 0 Å². The molecule has 0 saturated carbocycles. The SMILES string of the molecule is O=C(O)CO[Cl+3]([O-])([O-])[O-].O=C(O)O. The van der Waals surface area contributed by atoms with Crippen LogP contribution in [-0.2, 0) is 9.08 Å². The Morgan fingerprint density at radius 1 is 1.15 bits per heavy atom. The molecular weight excluding hydrogens is 215 g/mol. The molecule has 0 aromatic carbocycles. The first-order chi connectivity index (χ1) is 5.65. The van der Waals surface area contributed by atoms with Crippen LogP contribution in [0, 0.1) is 10.2 Å². The van der Waals surface area contributed by atoms with Gasteiger partial charge in [0.05, 0.1) is 14.5 Å². The highest BCUT2D eigenvalue weighted by atomic mass is 35.7. The van der Waals surface area contributed by atoms with Gasteiger partial charge >= 0.3 is 12.1 Å². The van der Waals surface area contributed by atoms with Crippen LogP contribution >= 0.6 is 0 Å². The zero-order valence-corrected chi connectivity index (χ0v) is 6.63. The Morgan fingerprint density at radius 2 is 1.46 bits per heavy atom. The molecule has 0 aliphatic heterocycles. The Hall–Kier alpha value is -1.13. The lowest BCUT2D eigenvalue weighted by Crippen LogP contribution is -2.61. The molecule has 0 aromatic rings. The Bertz CT molecular complexity index is 166. The lowest BCUT2D eigenvalue weighted by atomic mass is 10.8. The molecule has 0 radical (unpaired) electrons. The predicted octanol–water partition coefficient (Wildman–Crippen LogP) is -3.79. The van der Waals surface area contributed by atoms with E-state index in [1.54, 1.807) is 0 Å². The third kappa shape index (κ3) is 36.1. The molecule has 0 spiro atoms. The van der Waals surface area contributed by atoms with Crippen molar-refractivity contribution >= 4 is 12.1 Å². The van der Waals surface area contributed by atoms with E-state index >= 15 is 0 Å². The first kappa shape index (κ1) is 14.4. The van der Waals surface area contributed by atoms with Crippen LogP contribution in [0.5, 0.6) is 0 Å². The molecule has 0 saturated heterocycles. The lowest BCUT2D eigenvalue weighted by Gasteiger charge is -2.10. The van der Waals surface area contributed by atoms with Crippen LogP contribution in [0.3, 0.4) is 0 Å². The second-order valence-corrected chi connectivity index (χ2v) is 2.28. The molecule has 78 valence electrons. The summed E-state index contributed by atoms with van der Waals surface area (Å²) in [6.07, 6.45) is -1.83. The lowest BCUT2D eigenvalue weighted by molar-refractivity contribution is -1.92. The van der Waals surface area contributed by atoms with Gasteiger partial charge in [-0.25, -0.2) is 9.59 Å².